The lowest BCUT2D eigenvalue weighted by atomic mass is 9.91. The Hall–Kier alpha value is -1.75. The number of aromatic hydroxyl groups is 1. The van der Waals surface area contributed by atoms with E-state index in [0.29, 0.717) is 5.75 Å². The zero-order chi connectivity index (χ0) is 13.8. The molecule has 19 heavy (non-hydrogen) atoms. The molecule has 0 radical (unpaired) electrons. The highest BCUT2D eigenvalue weighted by Crippen LogP contribution is 2.29. The minimum absolute atomic E-state index is 0.116. The zero-order valence-electron chi connectivity index (χ0n) is 11.1. The molecule has 1 aliphatic carbocycles. The Kier molecular flexibility index (Phi) is 4.27. The molecule has 0 spiro atoms. The van der Waals surface area contributed by atoms with Gasteiger partial charge in [0.2, 0.25) is 0 Å². The van der Waals surface area contributed by atoms with Crippen LogP contribution >= 0.6 is 0 Å². The van der Waals surface area contributed by atoms with E-state index in [1.165, 1.54) is 7.11 Å². The van der Waals surface area contributed by atoms with Gasteiger partial charge < -0.3 is 20.9 Å². The lowest BCUT2D eigenvalue weighted by molar-refractivity contribution is 0.0922. The quantitative estimate of drug-likeness (QED) is 0.770. The molecule has 0 aromatic heterocycles. The van der Waals surface area contributed by atoms with E-state index in [9.17, 15) is 9.90 Å². The first kappa shape index (κ1) is 13.7. The van der Waals surface area contributed by atoms with E-state index in [1.807, 2.05) is 0 Å². The summed E-state index contributed by atoms with van der Waals surface area (Å²) in [6.45, 7) is 0. The van der Waals surface area contributed by atoms with Gasteiger partial charge in [0.05, 0.1) is 12.7 Å². The first-order chi connectivity index (χ1) is 9.11. The standard InChI is InChI=1S/C14H20N2O3/c1-19-12-4-2-3-11(13(12)17)14(18)16-10-7-5-9(15)6-8-10/h2-4,9-10,17H,5-8,15H2,1H3,(H,16,18). The number of benzene rings is 1. The van der Waals surface area contributed by atoms with Crippen molar-refractivity contribution < 1.29 is 14.6 Å². The van der Waals surface area contributed by atoms with E-state index in [1.54, 1.807) is 18.2 Å². The molecule has 1 saturated carbocycles. The van der Waals surface area contributed by atoms with E-state index in [2.05, 4.69) is 5.32 Å². The predicted molar refractivity (Wildman–Crippen MR) is 72.4 cm³/mol. The molecule has 2 rings (SSSR count). The number of rotatable bonds is 3. The van der Waals surface area contributed by atoms with Gasteiger partial charge >= 0.3 is 0 Å². The van der Waals surface area contributed by atoms with E-state index in [0.717, 1.165) is 25.7 Å². The number of hydrogen-bond donors (Lipinski definition) is 3. The Morgan fingerprint density at radius 2 is 2.05 bits per heavy atom. The number of phenolic OH excluding ortho intramolecular Hbond substituents is 1. The second kappa shape index (κ2) is 5.93. The number of nitrogens with one attached hydrogen (secondary N) is 1. The number of methoxy groups -OCH3 is 1. The summed E-state index contributed by atoms with van der Waals surface area (Å²) in [4.78, 5) is 12.1. The molecule has 0 heterocycles. The maximum Gasteiger partial charge on any atom is 0.255 e. The summed E-state index contributed by atoms with van der Waals surface area (Å²) in [5, 5.41) is 12.9. The Balaban J connectivity index is 2.04. The molecule has 5 nitrogen and oxygen atoms in total. The molecule has 1 aromatic rings. The van der Waals surface area contributed by atoms with Crippen LogP contribution in [-0.4, -0.2) is 30.2 Å². The van der Waals surface area contributed by atoms with Gasteiger partial charge in [-0.2, -0.15) is 0 Å². The van der Waals surface area contributed by atoms with Crippen LogP contribution in [0.15, 0.2) is 18.2 Å². The third kappa shape index (κ3) is 3.17. The largest absolute Gasteiger partial charge is 0.504 e. The number of carbonyl (C=O) groups is 1. The van der Waals surface area contributed by atoms with Crippen molar-refractivity contribution in [2.75, 3.05) is 7.11 Å². The first-order valence-corrected chi connectivity index (χ1v) is 6.54. The second-order valence-electron chi connectivity index (χ2n) is 4.94. The van der Waals surface area contributed by atoms with Crippen molar-refractivity contribution in [3.63, 3.8) is 0 Å². The molecule has 1 aromatic carbocycles. The number of hydrogen-bond acceptors (Lipinski definition) is 4. The fourth-order valence-corrected chi connectivity index (χ4v) is 2.40. The average Bonchev–Trinajstić information content (AvgIpc) is 2.41. The van der Waals surface area contributed by atoms with E-state index < -0.39 is 0 Å². The van der Waals surface area contributed by atoms with Gasteiger partial charge in [-0.15, -0.1) is 0 Å². The molecular weight excluding hydrogens is 244 g/mol. The number of carbonyl (C=O) groups excluding carboxylic acids is 1. The summed E-state index contributed by atoms with van der Waals surface area (Å²) >= 11 is 0. The van der Waals surface area contributed by atoms with Crippen molar-refractivity contribution in [1.82, 2.24) is 5.32 Å². The van der Waals surface area contributed by atoms with Crippen molar-refractivity contribution >= 4 is 5.91 Å². The van der Waals surface area contributed by atoms with Crippen molar-refractivity contribution in [3.8, 4) is 11.5 Å². The van der Waals surface area contributed by atoms with Crippen LogP contribution in [0, 0.1) is 0 Å². The highest BCUT2D eigenvalue weighted by Gasteiger charge is 2.22. The normalized spacial score (nSPS) is 22.8. The molecule has 0 unspecified atom stereocenters. The van der Waals surface area contributed by atoms with Crippen LogP contribution in [0.4, 0.5) is 0 Å². The average molecular weight is 264 g/mol. The topological polar surface area (TPSA) is 84.6 Å². The highest BCUT2D eigenvalue weighted by molar-refractivity contribution is 5.97. The van der Waals surface area contributed by atoms with E-state index in [-0.39, 0.29) is 29.3 Å². The predicted octanol–water partition coefficient (Wildman–Crippen LogP) is 1.40. The summed E-state index contributed by atoms with van der Waals surface area (Å²) < 4.78 is 4.99. The Labute approximate surface area is 112 Å². The number of nitrogens with two attached hydrogens (primary N) is 1. The Morgan fingerprint density at radius 3 is 2.68 bits per heavy atom. The van der Waals surface area contributed by atoms with Crippen LogP contribution < -0.4 is 15.8 Å². The molecular formula is C14H20N2O3. The van der Waals surface area contributed by atoms with Crippen LogP contribution in [0.1, 0.15) is 36.0 Å². The second-order valence-corrected chi connectivity index (χ2v) is 4.94. The van der Waals surface area contributed by atoms with Crippen LogP contribution in [-0.2, 0) is 0 Å². The lowest BCUT2D eigenvalue weighted by Crippen LogP contribution is -2.40. The van der Waals surface area contributed by atoms with Crippen molar-refractivity contribution in [2.24, 2.45) is 5.73 Å². The monoisotopic (exact) mass is 264 g/mol. The van der Waals surface area contributed by atoms with Crippen LogP contribution in [0.5, 0.6) is 11.5 Å². The van der Waals surface area contributed by atoms with Gasteiger partial charge in [0.25, 0.3) is 5.91 Å². The Morgan fingerprint density at radius 1 is 1.37 bits per heavy atom. The van der Waals surface area contributed by atoms with Crippen LogP contribution in [0.2, 0.25) is 0 Å². The fraction of sp³-hybridized carbons (Fsp3) is 0.500. The first-order valence-electron chi connectivity index (χ1n) is 6.54. The van der Waals surface area contributed by atoms with Gasteiger partial charge in [-0.25, -0.2) is 0 Å². The summed E-state index contributed by atoms with van der Waals surface area (Å²) in [7, 11) is 1.46. The van der Waals surface area contributed by atoms with Crippen molar-refractivity contribution in [2.45, 2.75) is 37.8 Å². The maximum absolute atomic E-state index is 12.1. The zero-order valence-corrected chi connectivity index (χ0v) is 11.1. The number of para-hydroxylation sites is 1. The van der Waals surface area contributed by atoms with Gasteiger partial charge in [0, 0.05) is 12.1 Å². The summed E-state index contributed by atoms with van der Waals surface area (Å²) in [6, 6.07) is 5.27. The minimum atomic E-state index is -0.267. The summed E-state index contributed by atoms with van der Waals surface area (Å²) in [6.07, 6.45) is 3.62. The molecule has 5 heteroatoms. The van der Waals surface area contributed by atoms with E-state index >= 15 is 0 Å². The molecule has 104 valence electrons. The molecule has 1 aliphatic rings. The van der Waals surface area contributed by atoms with Gasteiger partial charge in [-0.3, -0.25) is 4.79 Å². The van der Waals surface area contributed by atoms with Crippen LogP contribution in [0.25, 0.3) is 0 Å². The number of phenols is 1. The number of amides is 1. The molecule has 1 amide bonds. The lowest BCUT2D eigenvalue weighted by Gasteiger charge is -2.26. The van der Waals surface area contributed by atoms with Gasteiger partial charge in [-0.1, -0.05) is 6.07 Å². The van der Waals surface area contributed by atoms with E-state index in [4.69, 9.17) is 10.5 Å². The fourth-order valence-electron chi connectivity index (χ4n) is 2.40. The highest BCUT2D eigenvalue weighted by atomic mass is 16.5. The summed E-state index contributed by atoms with van der Waals surface area (Å²) in [5.41, 5.74) is 6.08. The third-order valence-electron chi connectivity index (χ3n) is 3.57. The SMILES string of the molecule is COc1cccc(C(=O)NC2CCC(N)CC2)c1O. The van der Waals surface area contributed by atoms with Gasteiger partial charge in [0.1, 0.15) is 0 Å². The molecule has 0 atom stereocenters. The molecule has 0 aliphatic heterocycles. The molecule has 0 saturated heterocycles. The van der Waals surface area contributed by atoms with Gasteiger partial charge in [-0.05, 0) is 37.8 Å². The number of ether oxygens (including phenoxy) is 1. The molecule has 0 bridgehead atoms. The molecule has 4 N–H and O–H groups in total. The third-order valence-corrected chi connectivity index (χ3v) is 3.57. The van der Waals surface area contributed by atoms with Crippen LogP contribution in [0.3, 0.4) is 0 Å². The smallest absolute Gasteiger partial charge is 0.255 e. The molecule has 1 fully saturated rings. The maximum atomic E-state index is 12.1. The van der Waals surface area contributed by atoms with Crippen molar-refractivity contribution in [3.05, 3.63) is 23.8 Å². The van der Waals surface area contributed by atoms with Gasteiger partial charge in [0.15, 0.2) is 11.5 Å². The summed E-state index contributed by atoms with van der Waals surface area (Å²) in [5.74, 6) is -0.0785. The minimum Gasteiger partial charge on any atom is -0.504 e. The Bertz CT molecular complexity index is 454. The van der Waals surface area contributed by atoms with Crippen molar-refractivity contribution in [1.29, 1.82) is 0 Å².